The van der Waals surface area contributed by atoms with Crippen LogP contribution in [0.3, 0.4) is 0 Å². The van der Waals surface area contributed by atoms with E-state index in [-0.39, 0.29) is 73.4 Å². The van der Waals surface area contributed by atoms with E-state index < -0.39 is 129 Å². The summed E-state index contributed by atoms with van der Waals surface area (Å²) in [4.78, 5) is 106. The molecule has 0 amide bonds. The molecule has 0 saturated carbocycles. The van der Waals surface area contributed by atoms with Crippen LogP contribution < -0.4 is 43.6 Å². The minimum atomic E-state index is -4.77. The Balaban J connectivity index is 1.11. The lowest BCUT2D eigenvalue weighted by molar-refractivity contribution is -0.216. The van der Waals surface area contributed by atoms with Crippen molar-refractivity contribution in [3.8, 4) is 0 Å². The van der Waals surface area contributed by atoms with E-state index in [2.05, 4.69) is 24.9 Å². The molecule has 6 N–H and O–H groups in total. The highest BCUT2D eigenvalue weighted by Gasteiger charge is 2.49. The minimum absolute atomic E-state index is 0.0416. The van der Waals surface area contributed by atoms with Gasteiger partial charge in [-0.2, -0.15) is 4.98 Å². The van der Waals surface area contributed by atoms with Crippen LogP contribution in [0.5, 0.6) is 0 Å². The van der Waals surface area contributed by atoms with Crippen LogP contribution in [0.25, 0.3) is 11.2 Å². The van der Waals surface area contributed by atoms with Crippen LogP contribution >= 0.6 is 25.9 Å². The lowest BCUT2D eigenvalue weighted by atomic mass is 10.1. The Morgan fingerprint density at radius 3 is 1.97 bits per heavy atom. The van der Waals surface area contributed by atoms with Crippen molar-refractivity contribution in [3.05, 3.63) is 81.9 Å². The zero-order valence-electron chi connectivity index (χ0n) is 40.5. The molecule has 3 aliphatic rings. The predicted molar refractivity (Wildman–Crippen MR) is 278 cm³/mol. The Morgan fingerprint density at radius 2 is 1.36 bits per heavy atom. The number of nitrogens with two attached hydrogens (primary N) is 1. The van der Waals surface area contributed by atoms with Gasteiger partial charge in [0, 0.05) is 50.1 Å². The molecular weight excluding hydrogens is 1190 g/mol. The van der Waals surface area contributed by atoms with Crippen molar-refractivity contribution in [1.82, 2.24) is 38.6 Å². The highest BCUT2D eigenvalue weighted by molar-refractivity contribution is 8.51. The summed E-state index contributed by atoms with van der Waals surface area (Å²) in [6.45, 7) is -10.0. The molecule has 14 atom stereocenters. The number of nitrogens with zero attached hydrogens (tertiary/aromatic N) is 5. The molecule has 0 spiro atoms. The molecule has 0 bridgehead atoms. The topological polar surface area (TPSA) is 393 Å². The number of fused-ring (bicyclic) bond motifs is 1. The zero-order valence-corrected chi connectivity index (χ0v) is 48.2. The average molecular weight is 1240 g/mol. The average Bonchev–Trinajstić information content (AvgIpc) is 4.11. The third kappa shape index (κ3) is 15.4. The summed E-state index contributed by atoms with van der Waals surface area (Å²) < 4.78 is 87.2. The highest BCUT2D eigenvalue weighted by atomic mass is 32.9. The summed E-state index contributed by atoms with van der Waals surface area (Å²) in [6, 6.07) is 0. The molecule has 3 saturated heterocycles. The number of aryl methyl sites for hydroxylation is 2. The Kier molecular flexibility index (Phi) is 20.4. The van der Waals surface area contributed by atoms with Crippen molar-refractivity contribution < 1.29 is 74.6 Å². The summed E-state index contributed by atoms with van der Waals surface area (Å²) >= 11 is 26.6. The smallest absolute Gasteiger partial charge is 0.330 e. The van der Waals surface area contributed by atoms with Gasteiger partial charge < -0.3 is 100 Å². The Bertz CT molecular complexity index is 3250. The number of aliphatic hydroxyl groups is 1. The molecule has 0 aromatic carbocycles. The van der Waals surface area contributed by atoms with Gasteiger partial charge in [0.05, 0.1) is 56.8 Å². The van der Waals surface area contributed by atoms with Crippen LogP contribution in [0.4, 0.5) is 5.95 Å². The number of methoxy groups -OCH3 is 1. The molecule has 30 nitrogen and oxygen atoms in total. The van der Waals surface area contributed by atoms with E-state index in [0.29, 0.717) is 0 Å². The Hall–Kier alpha value is -2.21. The van der Waals surface area contributed by atoms with Crippen LogP contribution in [0.1, 0.15) is 62.9 Å². The summed E-state index contributed by atoms with van der Waals surface area (Å²) in [5, 5.41) is 9.22. The molecule has 76 heavy (non-hydrogen) atoms. The first kappa shape index (κ1) is 61.4. The van der Waals surface area contributed by atoms with Gasteiger partial charge in [-0.1, -0.05) is 35.4 Å². The predicted octanol–water partition coefficient (Wildman–Crippen LogP) is -0.468. The maximum Gasteiger partial charge on any atom is 0.330 e. The molecule has 7 heterocycles. The number of rotatable bonds is 25. The number of H-pyrrole nitrogens is 3. The number of anilines is 1. The molecule has 4 aromatic rings. The second-order valence-corrected chi connectivity index (χ2v) is 30.4. The molecule has 3 fully saturated rings. The van der Waals surface area contributed by atoms with Crippen LogP contribution in [0.15, 0.2) is 42.7 Å². The first-order chi connectivity index (χ1) is 35.6. The van der Waals surface area contributed by atoms with Crippen molar-refractivity contribution in [3.63, 3.8) is 0 Å². The van der Waals surface area contributed by atoms with Gasteiger partial charge in [0.1, 0.15) is 56.4 Å². The maximum atomic E-state index is 14.2. The van der Waals surface area contributed by atoms with Gasteiger partial charge in [-0.05, 0) is 34.1 Å². The fourth-order valence-corrected chi connectivity index (χ4v) is 14.7. The largest absolute Gasteiger partial charge is 0.780 e. The summed E-state index contributed by atoms with van der Waals surface area (Å²) in [5.74, 6) is -0.208. The van der Waals surface area contributed by atoms with E-state index in [4.69, 9.17) is 121 Å². The van der Waals surface area contributed by atoms with Crippen molar-refractivity contribution in [2.45, 2.75) is 114 Å². The fraction of sp³-hybridized carbons (Fsp3) is 0.649. The first-order valence-corrected chi connectivity index (χ1v) is 33.9. The minimum Gasteiger partial charge on any atom is -0.780 e. The van der Waals surface area contributed by atoms with E-state index in [0.717, 1.165) is 9.13 Å². The maximum absolute atomic E-state index is 14.2. The van der Waals surface area contributed by atoms with Crippen LogP contribution in [-0.4, -0.2) is 133 Å². The summed E-state index contributed by atoms with van der Waals surface area (Å²) in [7, 11) is 1.21. The number of aliphatic hydroxyl groups excluding tert-OH is 1. The van der Waals surface area contributed by atoms with Gasteiger partial charge in [0.2, 0.25) is 5.95 Å². The van der Waals surface area contributed by atoms with Crippen molar-refractivity contribution in [2.24, 2.45) is 0 Å². The highest BCUT2D eigenvalue weighted by Crippen LogP contribution is 2.54. The van der Waals surface area contributed by atoms with E-state index in [1.807, 2.05) is 0 Å². The van der Waals surface area contributed by atoms with Gasteiger partial charge in [-0.25, -0.2) is 14.6 Å². The normalized spacial score (nSPS) is 28.1. The van der Waals surface area contributed by atoms with Crippen molar-refractivity contribution in [2.75, 3.05) is 45.9 Å². The molecule has 424 valence electrons. The molecule has 4 aromatic heterocycles. The molecule has 0 radical (unpaired) electrons. The van der Waals surface area contributed by atoms with Crippen molar-refractivity contribution in [1.29, 1.82) is 0 Å². The van der Waals surface area contributed by atoms with Crippen molar-refractivity contribution >= 4 is 103 Å². The molecule has 3 aliphatic heterocycles. The molecular formula is C37H51N9O21P4S5-4. The van der Waals surface area contributed by atoms with E-state index in [9.17, 15) is 43.4 Å². The number of nitrogen functional groups attached to an aromatic ring is 1. The van der Waals surface area contributed by atoms with E-state index >= 15 is 0 Å². The number of hydrogen-bond acceptors (Lipinski definition) is 29. The monoisotopic (exact) mass is 1240 g/mol. The number of imidazole rings is 1. The molecule has 39 heteroatoms. The molecule has 7 unspecified atom stereocenters. The first-order valence-electron chi connectivity index (χ1n) is 22.6. The third-order valence-corrected chi connectivity index (χ3v) is 18.4. The van der Waals surface area contributed by atoms with Crippen LogP contribution in [0, 0.1) is 13.8 Å². The zero-order chi connectivity index (χ0) is 55.7. The second-order valence-electron chi connectivity index (χ2n) is 17.3. The van der Waals surface area contributed by atoms with Gasteiger partial charge in [0.25, 0.3) is 16.7 Å². The van der Waals surface area contributed by atoms with Gasteiger partial charge in [-0.3, -0.25) is 47.6 Å². The number of nitrogens with one attached hydrogen (secondary N) is 3. The third-order valence-electron chi connectivity index (χ3n) is 11.4. The van der Waals surface area contributed by atoms with Crippen LogP contribution in [0.2, 0.25) is 0 Å². The van der Waals surface area contributed by atoms with Gasteiger partial charge >= 0.3 is 11.4 Å². The molecule has 0 aliphatic carbocycles. The fourth-order valence-electron chi connectivity index (χ4n) is 8.03. The standard InChI is InChI=1S/C37H55N9O21P4S5/c1-17(2)64-71(75,76)60-14-23-21(10-26(62-23)46-16-39-27-30(46)40-35(38)41-33(27)50)66-69(54,73)58-13-22-20(9-25(61-22)44-11-18(3)31(48)42-36(44)51)65-70(55,74)59-15-24-28(67-68(53,72)57-8-6-7-47)29(56-5)34(63-24)45-12-19(4)32(49)43-37(45)52/h11-12,16-17,20-26,28-29,34,47H,6-10,13-15H2,1-5H3,(H,53,72)(H,54,73)(H,55,74)(H,75,76)(H,42,48,51)(H,43,49,52)(H3,38,40,41,50)/p-4/t20?,21?,22-,23-,24-,25-,26-,28?,29+,34-,68?,69?,70?/m1/s1. The molecule has 7 rings (SSSR count). The second kappa shape index (κ2) is 25.3. The van der Waals surface area contributed by atoms with Gasteiger partial charge in [0.15, 0.2) is 24.2 Å². The Labute approximate surface area is 456 Å². The van der Waals surface area contributed by atoms with Gasteiger partial charge in [-0.15, -0.1) is 0 Å². The SMILES string of the molecule is CO[C@H]1C(OP([O-])(=S)OCCCO)[C@@H](COP(=O)([S-])OC2C[C@H](n3cc(C)c(=O)[nH]c3=O)O[C@@H]2COP([O-])(=S)OC2C[C@H](n3cnc4c(=O)[nH]c(N)nc43)O[C@@H]2COP(=S)([S-])OC(C)C)O[C@H]1n1cc(C)c(=O)[nH]c1=O. The number of ether oxygens (including phenoxy) is 4. The number of aromatic nitrogens is 8. The van der Waals surface area contributed by atoms with E-state index in [1.165, 1.54) is 44.2 Å². The van der Waals surface area contributed by atoms with E-state index in [1.54, 1.807) is 13.8 Å². The lowest BCUT2D eigenvalue weighted by Crippen LogP contribution is -2.41. The number of aromatic amines is 3. The van der Waals surface area contributed by atoms with Crippen LogP contribution in [-0.2, 0) is 120 Å². The number of hydrogen-bond donors (Lipinski definition) is 5. The lowest BCUT2D eigenvalue weighted by Gasteiger charge is -2.35. The quantitative estimate of drug-likeness (QED) is 0.0318. The Morgan fingerprint density at radius 1 is 0.789 bits per heavy atom. The summed E-state index contributed by atoms with van der Waals surface area (Å²) in [6.07, 6.45) is -10.3. The summed E-state index contributed by atoms with van der Waals surface area (Å²) in [5.41, 5.74) is -1.11.